The van der Waals surface area contributed by atoms with Gasteiger partial charge in [-0.05, 0) is 26.7 Å². The molecule has 1 rings (SSSR count). The van der Waals surface area contributed by atoms with Crippen LogP contribution in [0, 0.1) is 34.2 Å². The quantitative estimate of drug-likeness (QED) is 0.785. The van der Waals surface area contributed by atoms with E-state index >= 15 is 0 Å². The van der Waals surface area contributed by atoms with Gasteiger partial charge in [-0.3, -0.25) is 0 Å². The Morgan fingerprint density at radius 1 is 1.16 bits per heavy atom. The van der Waals surface area contributed by atoms with Crippen LogP contribution in [-0.2, 0) is 0 Å². The van der Waals surface area contributed by atoms with Crippen molar-refractivity contribution < 1.29 is 13.2 Å². The number of halogens is 3. The molecule has 0 amide bonds. The minimum absolute atomic E-state index is 0.305. The average molecular weight is 270 g/mol. The summed E-state index contributed by atoms with van der Waals surface area (Å²) in [7, 11) is 0. The third kappa shape index (κ3) is 4.82. The molecule has 0 aliphatic rings. The predicted octanol–water partition coefficient (Wildman–Crippen LogP) is 4.24. The molecule has 0 aliphatic carbocycles. The van der Waals surface area contributed by atoms with Gasteiger partial charge in [0.2, 0.25) is 0 Å². The largest absolute Gasteiger partial charge is 0.380 e. The van der Waals surface area contributed by atoms with E-state index in [0.29, 0.717) is 25.1 Å². The zero-order valence-corrected chi connectivity index (χ0v) is 11.1. The molecule has 1 N–H and O–H groups in total. The molecule has 0 aromatic heterocycles. The van der Waals surface area contributed by atoms with Gasteiger partial charge in [0, 0.05) is 18.7 Å². The lowest BCUT2D eigenvalue weighted by Crippen LogP contribution is -2.10. The number of hydrogen-bond donors (Lipinski definition) is 1. The van der Waals surface area contributed by atoms with Gasteiger partial charge in [0.15, 0.2) is 11.6 Å². The molecule has 1 aromatic rings. The molecule has 5 heteroatoms. The lowest BCUT2D eigenvalue weighted by Gasteiger charge is -2.14. The van der Waals surface area contributed by atoms with Crippen LogP contribution in [0.4, 0.5) is 18.9 Å². The van der Waals surface area contributed by atoms with Crippen molar-refractivity contribution in [3.05, 3.63) is 29.6 Å². The van der Waals surface area contributed by atoms with Gasteiger partial charge in [-0.15, -0.1) is 0 Å². The highest BCUT2D eigenvalue weighted by Gasteiger charge is 2.15. The fourth-order valence-corrected chi connectivity index (χ4v) is 1.67. The molecule has 0 spiro atoms. The van der Waals surface area contributed by atoms with Gasteiger partial charge in [-0.2, -0.15) is 5.26 Å². The Morgan fingerprint density at radius 3 is 2.26 bits per heavy atom. The first-order valence-electron chi connectivity index (χ1n) is 6.15. The van der Waals surface area contributed by atoms with E-state index in [1.807, 2.05) is 13.8 Å². The van der Waals surface area contributed by atoms with Crippen molar-refractivity contribution in [1.29, 1.82) is 5.26 Å². The van der Waals surface area contributed by atoms with Crippen molar-refractivity contribution in [1.82, 2.24) is 0 Å². The highest BCUT2D eigenvalue weighted by molar-refractivity contribution is 5.46. The summed E-state index contributed by atoms with van der Waals surface area (Å²) >= 11 is 0. The molecule has 1 aromatic carbocycles. The van der Waals surface area contributed by atoms with Crippen molar-refractivity contribution in [2.75, 3.05) is 11.9 Å². The number of nitrogens with zero attached hydrogens (tertiary/aromatic N) is 1. The Hall–Kier alpha value is -1.70. The summed E-state index contributed by atoms with van der Waals surface area (Å²) in [5.41, 5.74) is -0.687. The topological polar surface area (TPSA) is 35.8 Å². The molecule has 0 saturated carbocycles. The summed E-state index contributed by atoms with van der Waals surface area (Å²) in [6, 6.07) is 3.48. The molecule has 0 aliphatic heterocycles. The maximum Gasteiger partial charge on any atom is 0.152 e. The minimum atomic E-state index is -0.935. The van der Waals surface area contributed by atoms with Gasteiger partial charge in [0.25, 0.3) is 0 Å². The predicted molar refractivity (Wildman–Crippen MR) is 68.1 cm³/mol. The smallest absolute Gasteiger partial charge is 0.152 e. The number of benzene rings is 1. The van der Waals surface area contributed by atoms with Crippen molar-refractivity contribution in [3.63, 3.8) is 0 Å². The highest BCUT2D eigenvalue weighted by atomic mass is 19.1. The number of anilines is 1. The Labute approximate surface area is 111 Å². The lowest BCUT2D eigenvalue weighted by molar-refractivity contribution is 0.429. The third-order valence-corrected chi connectivity index (χ3v) is 2.84. The van der Waals surface area contributed by atoms with E-state index < -0.39 is 17.5 Å². The molecular formula is C14H17F3N2. The Balaban J connectivity index is 2.41. The first kappa shape index (κ1) is 15.4. The summed E-state index contributed by atoms with van der Waals surface area (Å²) in [4.78, 5) is 0. The van der Waals surface area contributed by atoms with Gasteiger partial charge in [0.1, 0.15) is 11.5 Å². The second kappa shape index (κ2) is 6.46. The fraction of sp³-hybridized carbons (Fsp3) is 0.500. The first-order chi connectivity index (χ1) is 8.85. The number of nitriles is 1. The van der Waals surface area contributed by atoms with Crippen LogP contribution in [0.5, 0.6) is 0 Å². The zero-order chi connectivity index (χ0) is 14.5. The number of nitrogens with one attached hydrogen (secondary N) is 1. The number of hydrogen-bond acceptors (Lipinski definition) is 2. The maximum atomic E-state index is 13.3. The van der Waals surface area contributed by atoms with Gasteiger partial charge in [0.05, 0.1) is 11.5 Å². The molecule has 0 bridgehead atoms. The zero-order valence-electron chi connectivity index (χ0n) is 11.1. The van der Waals surface area contributed by atoms with E-state index in [-0.39, 0.29) is 11.1 Å². The van der Waals surface area contributed by atoms with Gasteiger partial charge < -0.3 is 5.32 Å². The van der Waals surface area contributed by atoms with E-state index in [9.17, 15) is 13.2 Å². The molecule has 0 saturated heterocycles. The molecule has 2 nitrogen and oxygen atoms in total. The van der Waals surface area contributed by atoms with Crippen LogP contribution in [0.3, 0.4) is 0 Å². The molecule has 0 atom stereocenters. The summed E-state index contributed by atoms with van der Waals surface area (Å²) in [6.07, 6.45) is 2.18. The van der Waals surface area contributed by atoms with E-state index in [2.05, 4.69) is 11.4 Å². The van der Waals surface area contributed by atoms with Crippen molar-refractivity contribution >= 4 is 5.69 Å². The summed E-state index contributed by atoms with van der Waals surface area (Å²) in [5, 5.41) is 11.4. The van der Waals surface area contributed by atoms with Crippen LogP contribution in [0.25, 0.3) is 0 Å². The van der Waals surface area contributed by atoms with Gasteiger partial charge in [-0.1, -0.05) is 6.42 Å². The van der Waals surface area contributed by atoms with Crippen LogP contribution < -0.4 is 5.32 Å². The molecule has 0 fully saturated rings. The molecule has 0 heterocycles. The molecule has 0 unspecified atom stereocenters. The Morgan fingerprint density at radius 2 is 1.74 bits per heavy atom. The molecule has 104 valence electrons. The Bertz CT molecular complexity index is 455. The number of rotatable bonds is 6. The monoisotopic (exact) mass is 270 g/mol. The van der Waals surface area contributed by atoms with Crippen LogP contribution in [0.1, 0.15) is 33.1 Å². The van der Waals surface area contributed by atoms with Crippen LogP contribution in [-0.4, -0.2) is 6.54 Å². The first-order valence-corrected chi connectivity index (χ1v) is 6.15. The fourth-order valence-electron chi connectivity index (χ4n) is 1.67. The van der Waals surface area contributed by atoms with Crippen LogP contribution >= 0.6 is 0 Å². The van der Waals surface area contributed by atoms with E-state index in [4.69, 9.17) is 5.26 Å². The minimum Gasteiger partial charge on any atom is -0.380 e. The van der Waals surface area contributed by atoms with Gasteiger partial charge >= 0.3 is 0 Å². The Kier molecular flexibility index (Phi) is 5.22. The normalized spacial score (nSPS) is 11.2. The van der Waals surface area contributed by atoms with E-state index in [0.717, 1.165) is 12.8 Å². The lowest BCUT2D eigenvalue weighted by atomic mass is 9.89. The molecule has 0 radical (unpaired) electrons. The highest BCUT2D eigenvalue weighted by Crippen LogP contribution is 2.23. The van der Waals surface area contributed by atoms with Crippen LogP contribution in [0.2, 0.25) is 0 Å². The van der Waals surface area contributed by atoms with Crippen molar-refractivity contribution in [2.45, 2.75) is 33.1 Å². The molecule has 19 heavy (non-hydrogen) atoms. The standard InChI is InChI=1S/C14H17F3N2/c1-14(2,9-18)5-3-4-6-19-13-11(16)7-10(15)8-12(13)17/h7-8,19H,3-6H2,1-2H3. The molecular weight excluding hydrogens is 253 g/mol. The third-order valence-electron chi connectivity index (χ3n) is 2.84. The summed E-state index contributed by atoms with van der Waals surface area (Å²) < 4.78 is 39.2. The second-order valence-electron chi connectivity index (χ2n) is 5.12. The van der Waals surface area contributed by atoms with Gasteiger partial charge in [-0.25, -0.2) is 13.2 Å². The summed E-state index contributed by atoms with van der Waals surface area (Å²) in [5.74, 6) is -2.80. The average Bonchev–Trinajstić information content (AvgIpc) is 2.31. The van der Waals surface area contributed by atoms with E-state index in [1.165, 1.54) is 0 Å². The number of unbranched alkanes of at least 4 members (excludes halogenated alkanes) is 1. The summed E-state index contributed by atoms with van der Waals surface area (Å²) in [6.45, 7) is 4.07. The second-order valence-corrected chi connectivity index (χ2v) is 5.12. The SMILES string of the molecule is CC(C)(C#N)CCCCNc1c(F)cc(F)cc1F. The van der Waals surface area contributed by atoms with E-state index in [1.54, 1.807) is 0 Å². The maximum absolute atomic E-state index is 13.3. The van der Waals surface area contributed by atoms with Crippen molar-refractivity contribution in [3.8, 4) is 6.07 Å². The van der Waals surface area contributed by atoms with Crippen molar-refractivity contribution in [2.24, 2.45) is 5.41 Å². The van der Waals surface area contributed by atoms with Crippen LogP contribution in [0.15, 0.2) is 12.1 Å².